The Morgan fingerprint density at radius 3 is 2.76 bits per heavy atom. The molecule has 0 spiro atoms. The molecule has 1 saturated heterocycles. The smallest absolute Gasteiger partial charge is 0.202 e. The predicted molar refractivity (Wildman–Crippen MR) is 97.6 cm³/mol. The molecular weight excluding hydrogens is 340 g/mol. The van der Waals surface area contributed by atoms with Crippen molar-refractivity contribution in [3.05, 3.63) is 35.5 Å². The van der Waals surface area contributed by atoms with Gasteiger partial charge in [-0.25, -0.2) is 9.97 Å². The summed E-state index contributed by atoms with van der Waals surface area (Å²) in [6, 6.07) is 7.56. The predicted octanol–water partition coefficient (Wildman–Crippen LogP) is 1.96. The molecule has 4 N–H and O–H groups in total. The Kier molecular flexibility index (Phi) is 4.07. The summed E-state index contributed by atoms with van der Waals surface area (Å²) in [7, 11) is 0. The fourth-order valence-corrected chi connectivity index (χ4v) is 3.36. The zero-order chi connectivity index (χ0) is 17.4. The minimum atomic E-state index is -0.488. The number of hydrogen-bond acceptors (Lipinski definition) is 6. The largest absolute Gasteiger partial charge is 0.394 e. The standard InChI is InChI=1S/C17H19ClN6O/c18-12-4-2-1-3-11(12)14-15-16(23-22-14)21-13(9-20-15)24-7-5-17(19,10-25)6-8-24/h1-4,9,25H,5-8,10,19H2,(H,21,22,23). The molecule has 0 aliphatic carbocycles. The number of nitrogens with two attached hydrogens (primary N) is 1. The van der Waals surface area contributed by atoms with Gasteiger partial charge >= 0.3 is 0 Å². The summed E-state index contributed by atoms with van der Waals surface area (Å²) in [5.41, 5.74) is 8.50. The molecule has 2 aromatic heterocycles. The Balaban J connectivity index is 1.64. The van der Waals surface area contributed by atoms with Crippen molar-refractivity contribution in [1.29, 1.82) is 0 Å². The van der Waals surface area contributed by atoms with Gasteiger partial charge in [0.15, 0.2) is 0 Å². The third-order valence-electron chi connectivity index (χ3n) is 4.79. The van der Waals surface area contributed by atoms with Crippen molar-refractivity contribution < 1.29 is 5.11 Å². The number of nitrogens with one attached hydrogen (secondary N) is 1. The average Bonchev–Trinajstić information content (AvgIpc) is 3.06. The van der Waals surface area contributed by atoms with Crippen molar-refractivity contribution in [3.8, 4) is 11.3 Å². The first-order valence-electron chi connectivity index (χ1n) is 8.20. The summed E-state index contributed by atoms with van der Waals surface area (Å²) in [5.74, 6) is 0.768. The monoisotopic (exact) mass is 358 g/mol. The Hall–Kier alpha value is -2.22. The molecule has 25 heavy (non-hydrogen) atoms. The van der Waals surface area contributed by atoms with E-state index in [0.29, 0.717) is 29.0 Å². The average molecular weight is 359 g/mol. The fourth-order valence-electron chi connectivity index (χ4n) is 3.13. The minimum Gasteiger partial charge on any atom is -0.394 e. The molecule has 0 amide bonds. The van der Waals surface area contributed by atoms with E-state index < -0.39 is 5.54 Å². The maximum Gasteiger partial charge on any atom is 0.202 e. The Morgan fingerprint density at radius 1 is 1.28 bits per heavy atom. The van der Waals surface area contributed by atoms with Gasteiger partial charge in [0.1, 0.15) is 11.3 Å². The molecule has 4 rings (SSSR count). The highest BCUT2D eigenvalue weighted by Crippen LogP contribution is 2.31. The number of aromatic amines is 1. The van der Waals surface area contributed by atoms with E-state index in [1.807, 2.05) is 24.3 Å². The molecule has 0 radical (unpaired) electrons. The van der Waals surface area contributed by atoms with Gasteiger partial charge in [0.2, 0.25) is 5.65 Å². The summed E-state index contributed by atoms with van der Waals surface area (Å²) >= 11 is 6.27. The number of hydrogen-bond donors (Lipinski definition) is 3. The second-order valence-electron chi connectivity index (χ2n) is 6.49. The van der Waals surface area contributed by atoms with Crippen molar-refractivity contribution in [2.45, 2.75) is 18.4 Å². The van der Waals surface area contributed by atoms with Crippen LogP contribution in [0.3, 0.4) is 0 Å². The molecule has 0 saturated carbocycles. The van der Waals surface area contributed by atoms with Crippen LogP contribution in [0.5, 0.6) is 0 Å². The molecule has 3 heterocycles. The number of anilines is 1. The van der Waals surface area contributed by atoms with Crippen molar-refractivity contribution >= 4 is 28.6 Å². The maximum atomic E-state index is 9.39. The van der Waals surface area contributed by atoms with Gasteiger partial charge < -0.3 is 15.7 Å². The highest BCUT2D eigenvalue weighted by Gasteiger charge is 2.30. The normalized spacial score (nSPS) is 17.2. The first-order chi connectivity index (χ1) is 12.1. The van der Waals surface area contributed by atoms with Crippen LogP contribution in [0.4, 0.5) is 5.82 Å². The van der Waals surface area contributed by atoms with Gasteiger partial charge in [-0.05, 0) is 18.9 Å². The van der Waals surface area contributed by atoms with Gasteiger partial charge in [-0.3, -0.25) is 5.10 Å². The van der Waals surface area contributed by atoms with Crippen molar-refractivity contribution in [2.75, 3.05) is 24.6 Å². The van der Waals surface area contributed by atoms with Crippen LogP contribution in [-0.2, 0) is 0 Å². The number of piperidine rings is 1. The van der Waals surface area contributed by atoms with Crippen LogP contribution in [0.1, 0.15) is 12.8 Å². The molecule has 0 atom stereocenters. The van der Waals surface area contributed by atoms with Gasteiger partial charge in [0.05, 0.1) is 23.5 Å². The van der Waals surface area contributed by atoms with Gasteiger partial charge in [0, 0.05) is 24.2 Å². The van der Waals surface area contributed by atoms with Gasteiger partial charge in [-0.2, -0.15) is 5.10 Å². The van der Waals surface area contributed by atoms with E-state index in [1.165, 1.54) is 0 Å². The topological polar surface area (TPSA) is 104 Å². The summed E-state index contributed by atoms with van der Waals surface area (Å²) in [6.45, 7) is 1.48. The summed E-state index contributed by atoms with van der Waals surface area (Å²) < 4.78 is 0. The zero-order valence-electron chi connectivity index (χ0n) is 13.6. The van der Waals surface area contributed by atoms with E-state index in [-0.39, 0.29) is 6.61 Å². The number of fused-ring (bicyclic) bond motifs is 1. The van der Waals surface area contributed by atoms with E-state index in [4.69, 9.17) is 17.3 Å². The lowest BCUT2D eigenvalue weighted by atomic mass is 9.90. The molecule has 0 bridgehead atoms. The Morgan fingerprint density at radius 2 is 2.04 bits per heavy atom. The fraction of sp³-hybridized carbons (Fsp3) is 0.353. The number of rotatable bonds is 3. The molecule has 8 heteroatoms. The lowest BCUT2D eigenvalue weighted by Gasteiger charge is -2.38. The number of aromatic nitrogens is 4. The SMILES string of the molecule is NC1(CO)CCN(c2cnc3c(-c4ccccc4Cl)[nH]nc3n2)CC1. The minimum absolute atomic E-state index is 0.00607. The van der Waals surface area contributed by atoms with E-state index >= 15 is 0 Å². The maximum absolute atomic E-state index is 9.39. The Labute approximate surface area is 149 Å². The van der Waals surface area contributed by atoms with Crippen LogP contribution in [0.25, 0.3) is 22.4 Å². The van der Waals surface area contributed by atoms with Crippen molar-refractivity contribution in [2.24, 2.45) is 5.73 Å². The van der Waals surface area contributed by atoms with Crippen LogP contribution in [0, 0.1) is 0 Å². The molecule has 1 aliphatic rings. The number of benzene rings is 1. The second-order valence-corrected chi connectivity index (χ2v) is 6.89. The van der Waals surface area contributed by atoms with E-state index in [1.54, 1.807) is 6.20 Å². The van der Waals surface area contributed by atoms with Crippen LogP contribution in [0.15, 0.2) is 30.5 Å². The molecule has 7 nitrogen and oxygen atoms in total. The number of H-pyrrole nitrogens is 1. The number of nitrogens with zero attached hydrogens (tertiary/aromatic N) is 4. The van der Waals surface area contributed by atoms with Crippen LogP contribution in [-0.4, -0.2) is 50.5 Å². The van der Waals surface area contributed by atoms with Gasteiger partial charge in [0.25, 0.3) is 0 Å². The molecular formula is C17H19ClN6O. The van der Waals surface area contributed by atoms with E-state index in [2.05, 4.69) is 25.1 Å². The van der Waals surface area contributed by atoms with Crippen molar-refractivity contribution in [3.63, 3.8) is 0 Å². The summed E-state index contributed by atoms with van der Waals surface area (Å²) in [4.78, 5) is 11.3. The number of aliphatic hydroxyl groups is 1. The molecule has 0 unspecified atom stereocenters. The van der Waals surface area contributed by atoms with E-state index in [9.17, 15) is 5.11 Å². The highest BCUT2D eigenvalue weighted by molar-refractivity contribution is 6.33. The summed E-state index contributed by atoms with van der Waals surface area (Å²) in [5, 5.41) is 17.3. The number of aliphatic hydroxyl groups excluding tert-OH is 1. The third-order valence-corrected chi connectivity index (χ3v) is 5.12. The zero-order valence-corrected chi connectivity index (χ0v) is 14.4. The lowest BCUT2D eigenvalue weighted by molar-refractivity contribution is 0.170. The van der Waals surface area contributed by atoms with Gasteiger partial charge in [-0.1, -0.05) is 29.8 Å². The van der Waals surface area contributed by atoms with Crippen LogP contribution < -0.4 is 10.6 Å². The molecule has 130 valence electrons. The third kappa shape index (κ3) is 2.95. The molecule has 1 aliphatic heterocycles. The van der Waals surface area contributed by atoms with Crippen molar-refractivity contribution in [1.82, 2.24) is 20.2 Å². The van der Waals surface area contributed by atoms with Crippen LogP contribution >= 0.6 is 11.6 Å². The molecule has 1 fully saturated rings. The van der Waals surface area contributed by atoms with Crippen LogP contribution in [0.2, 0.25) is 5.02 Å². The van der Waals surface area contributed by atoms with E-state index in [0.717, 1.165) is 30.2 Å². The summed E-state index contributed by atoms with van der Waals surface area (Å²) in [6.07, 6.45) is 3.18. The highest BCUT2D eigenvalue weighted by atomic mass is 35.5. The second kappa shape index (κ2) is 6.25. The Bertz CT molecular complexity index is 903. The number of halogens is 1. The molecule has 3 aromatic rings. The quantitative estimate of drug-likeness (QED) is 0.661. The first kappa shape index (κ1) is 16.3. The van der Waals surface area contributed by atoms with Gasteiger partial charge in [-0.15, -0.1) is 0 Å². The molecule has 1 aromatic carbocycles. The lowest BCUT2D eigenvalue weighted by Crippen LogP contribution is -2.53. The first-order valence-corrected chi connectivity index (χ1v) is 8.58.